The third kappa shape index (κ3) is 4.13. The van der Waals surface area contributed by atoms with Crippen LogP contribution in [0.5, 0.6) is 5.75 Å². The van der Waals surface area contributed by atoms with Gasteiger partial charge in [0.25, 0.3) is 11.8 Å². The normalized spacial score (nSPS) is 11.6. The first kappa shape index (κ1) is 18.6. The fourth-order valence-corrected chi connectivity index (χ4v) is 2.47. The number of hydrogen-bond donors (Lipinski definition) is 0. The minimum atomic E-state index is -4.56. The summed E-state index contributed by atoms with van der Waals surface area (Å²) < 4.78 is 61.9. The van der Waals surface area contributed by atoms with Crippen molar-refractivity contribution >= 4 is 27.5 Å². The average Bonchev–Trinajstić information content (AvgIpc) is 3.03. The van der Waals surface area contributed by atoms with Crippen LogP contribution in [0.2, 0.25) is 5.02 Å². The van der Waals surface area contributed by atoms with E-state index in [0.717, 1.165) is 6.07 Å². The number of ether oxygens (including phenoxy) is 1. The molecule has 0 spiro atoms. The fourth-order valence-electron chi connectivity index (χ4n) is 1.87. The zero-order chi connectivity index (χ0) is 18.9. The molecule has 0 bridgehead atoms. The third-order valence-corrected chi connectivity index (χ3v) is 3.99. The predicted octanol–water partition coefficient (Wildman–Crippen LogP) is 5.28. The van der Waals surface area contributed by atoms with Crippen molar-refractivity contribution in [3.8, 4) is 17.3 Å². The van der Waals surface area contributed by atoms with Crippen molar-refractivity contribution in [1.29, 1.82) is 0 Å². The Morgan fingerprint density at radius 3 is 2.62 bits per heavy atom. The van der Waals surface area contributed by atoms with Gasteiger partial charge >= 0.3 is 6.18 Å². The van der Waals surface area contributed by atoms with E-state index in [4.69, 9.17) is 20.8 Å². The van der Waals surface area contributed by atoms with Gasteiger partial charge in [-0.1, -0.05) is 11.6 Å². The Bertz CT molecular complexity index is 949. The molecule has 0 unspecified atom stereocenters. The van der Waals surface area contributed by atoms with E-state index in [1.807, 2.05) is 0 Å². The largest absolute Gasteiger partial charge is 0.484 e. The van der Waals surface area contributed by atoms with Crippen LogP contribution in [-0.4, -0.2) is 15.2 Å². The van der Waals surface area contributed by atoms with Crippen LogP contribution < -0.4 is 4.74 Å². The van der Waals surface area contributed by atoms with Crippen molar-refractivity contribution in [2.75, 3.05) is 0 Å². The maximum atomic E-state index is 13.2. The highest BCUT2D eigenvalue weighted by Gasteiger charge is 2.32. The van der Waals surface area contributed by atoms with Gasteiger partial charge in [-0.05, 0) is 40.2 Å². The van der Waals surface area contributed by atoms with Crippen LogP contribution in [-0.2, 0) is 12.8 Å². The summed E-state index contributed by atoms with van der Waals surface area (Å²) in [6, 6.07) is 4.76. The lowest BCUT2D eigenvalue weighted by Gasteiger charge is -2.07. The van der Waals surface area contributed by atoms with Crippen molar-refractivity contribution in [2.24, 2.45) is 0 Å². The van der Waals surface area contributed by atoms with E-state index < -0.39 is 17.6 Å². The third-order valence-electron chi connectivity index (χ3n) is 3.09. The number of pyridine rings is 1. The van der Waals surface area contributed by atoms with Crippen molar-refractivity contribution in [3.05, 3.63) is 57.2 Å². The number of aromatic nitrogens is 3. The first-order valence-corrected chi connectivity index (χ1v) is 8.04. The quantitative estimate of drug-likeness (QED) is 0.504. The predicted molar refractivity (Wildman–Crippen MR) is 86.0 cm³/mol. The molecule has 2 aromatic heterocycles. The highest BCUT2D eigenvalue weighted by atomic mass is 79.9. The molecule has 0 fully saturated rings. The summed E-state index contributed by atoms with van der Waals surface area (Å²) in [4.78, 5) is 3.63. The van der Waals surface area contributed by atoms with E-state index in [2.05, 4.69) is 31.1 Å². The molecule has 0 aliphatic rings. The zero-order valence-corrected chi connectivity index (χ0v) is 14.9. The van der Waals surface area contributed by atoms with Crippen LogP contribution >= 0.6 is 27.5 Å². The molecule has 0 radical (unpaired) electrons. The second-order valence-electron chi connectivity index (χ2n) is 4.92. The van der Waals surface area contributed by atoms with Gasteiger partial charge in [-0.15, -0.1) is 10.2 Å². The Balaban J connectivity index is 1.74. The molecule has 1 aromatic carbocycles. The summed E-state index contributed by atoms with van der Waals surface area (Å²) in [7, 11) is 0. The molecule has 0 saturated heterocycles. The van der Waals surface area contributed by atoms with Crippen LogP contribution in [0, 0.1) is 5.82 Å². The van der Waals surface area contributed by atoms with Gasteiger partial charge in [0.1, 0.15) is 17.3 Å². The molecule has 11 heteroatoms. The van der Waals surface area contributed by atoms with Gasteiger partial charge in [0.05, 0.1) is 15.1 Å². The highest BCUT2D eigenvalue weighted by molar-refractivity contribution is 9.10. The molecular formula is C15H7BrClF4N3O2. The highest BCUT2D eigenvalue weighted by Crippen LogP contribution is 2.33. The summed E-state index contributed by atoms with van der Waals surface area (Å²) in [5.74, 6) is -0.204. The van der Waals surface area contributed by atoms with Crippen molar-refractivity contribution in [2.45, 2.75) is 12.8 Å². The lowest BCUT2D eigenvalue weighted by molar-refractivity contribution is -0.137. The standard InChI is InChI=1S/C15H7BrClF4N3O2/c16-9-4-8(1-2-11(9)18)25-6-12-23-24-14(26-12)13-10(17)3-7(5-22-13)15(19,20)21/h1-5H,6H2. The van der Waals surface area contributed by atoms with Crippen LogP contribution in [0.3, 0.4) is 0 Å². The first-order chi connectivity index (χ1) is 12.2. The molecule has 0 saturated carbocycles. The minimum absolute atomic E-state index is 0.0400. The molecule has 3 aromatic rings. The van der Waals surface area contributed by atoms with Gasteiger partial charge in [0, 0.05) is 6.20 Å². The molecule has 3 rings (SSSR count). The second-order valence-corrected chi connectivity index (χ2v) is 6.18. The maximum absolute atomic E-state index is 13.2. The van der Waals surface area contributed by atoms with Crippen molar-refractivity contribution in [3.63, 3.8) is 0 Å². The Hall–Kier alpha value is -2.20. The van der Waals surface area contributed by atoms with Gasteiger partial charge in [0.2, 0.25) is 0 Å². The van der Waals surface area contributed by atoms with Gasteiger partial charge in [-0.2, -0.15) is 13.2 Å². The van der Waals surface area contributed by atoms with E-state index in [1.165, 1.54) is 18.2 Å². The average molecular weight is 453 g/mol. The summed E-state index contributed by atoms with van der Waals surface area (Å²) in [6.45, 7) is -0.136. The zero-order valence-electron chi connectivity index (χ0n) is 12.5. The van der Waals surface area contributed by atoms with E-state index in [-0.39, 0.29) is 33.6 Å². The van der Waals surface area contributed by atoms with Gasteiger partial charge in [-0.25, -0.2) is 9.37 Å². The van der Waals surface area contributed by atoms with Crippen molar-refractivity contribution in [1.82, 2.24) is 15.2 Å². The second kappa shape index (κ2) is 7.20. The monoisotopic (exact) mass is 451 g/mol. The molecule has 0 amide bonds. The minimum Gasteiger partial charge on any atom is -0.484 e. The molecular weight excluding hydrogens is 446 g/mol. The van der Waals surface area contributed by atoms with Crippen LogP contribution in [0.4, 0.5) is 17.6 Å². The lowest BCUT2D eigenvalue weighted by Crippen LogP contribution is -2.05. The van der Waals surface area contributed by atoms with Crippen molar-refractivity contribution < 1.29 is 26.7 Å². The van der Waals surface area contributed by atoms with Crippen LogP contribution in [0.15, 0.2) is 39.4 Å². The smallest absolute Gasteiger partial charge is 0.417 e. The molecule has 26 heavy (non-hydrogen) atoms. The number of benzene rings is 1. The number of hydrogen-bond acceptors (Lipinski definition) is 5. The van der Waals surface area contributed by atoms with E-state index >= 15 is 0 Å². The number of halogens is 6. The number of alkyl halides is 3. The molecule has 0 atom stereocenters. The number of nitrogens with zero attached hydrogens (tertiary/aromatic N) is 3. The SMILES string of the molecule is Fc1ccc(OCc2nnc(-c3ncc(C(F)(F)F)cc3Cl)o2)cc1Br. The molecule has 0 aliphatic heterocycles. The molecule has 2 heterocycles. The fraction of sp³-hybridized carbons (Fsp3) is 0.133. The van der Waals surface area contributed by atoms with Crippen LogP contribution in [0.1, 0.15) is 11.5 Å². The van der Waals surface area contributed by atoms with Gasteiger partial charge < -0.3 is 9.15 Å². The lowest BCUT2D eigenvalue weighted by atomic mass is 10.2. The molecule has 0 N–H and O–H groups in total. The Kier molecular flexibility index (Phi) is 5.15. The van der Waals surface area contributed by atoms with Gasteiger partial charge in [0.15, 0.2) is 6.61 Å². The molecule has 136 valence electrons. The Labute approximate surface area is 157 Å². The topological polar surface area (TPSA) is 61.0 Å². The molecule has 0 aliphatic carbocycles. The Morgan fingerprint density at radius 2 is 1.96 bits per heavy atom. The summed E-state index contributed by atoms with van der Waals surface area (Å²) in [5, 5.41) is 7.12. The van der Waals surface area contributed by atoms with Crippen LogP contribution in [0.25, 0.3) is 11.6 Å². The Morgan fingerprint density at radius 1 is 1.19 bits per heavy atom. The summed E-state index contributed by atoms with van der Waals surface area (Å²) in [6.07, 6.45) is -3.94. The van der Waals surface area contributed by atoms with E-state index in [0.29, 0.717) is 11.9 Å². The maximum Gasteiger partial charge on any atom is 0.417 e. The number of rotatable bonds is 4. The summed E-state index contributed by atoms with van der Waals surface area (Å²) in [5.41, 5.74) is -1.07. The molecule has 5 nitrogen and oxygen atoms in total. The first-order valence-electron chi connectivity index (χ1n) is 6.87. The van der Waals surface area contributed by atoms with E-state index in [9.17, 15) is 17.6 Å². The van der Waals surface area contributed by atoms with E-state index in [1.54, 1.807) is 0 Å². The summed E-state index contributed by atoms with van der Waals surface area (Å²) >= 11 is 8.85. The van der Waals surface area contributed by atoms with Gasteiger partial charge in [-0.3, -0.25) is 0 Å².